The summed E-state index contributed by atoms with van der Waals surface area (Å²) in [5.41, 5.74) is 11.8. The highest BCUT2D eigenvalue weighted by atomic mass is 16.1. The molecule has 0 spiro atoms. The molecule has 0 radical (unpaired) electrons. The molecule has 7 N–H and O–H groups in total. The molecule has 0 aliphatic carbocycles. The Hall–Kier alpha value is -2.25. The largest absolute Gasteiger partial charge is 0.370 e. The summed E-state index contributed by atoms with van der Waals surface area (Å²) >= 11 is 0. The van der Waals surface area contributed by atoms with E-state index < -0.39 is 17.6 Å². The van der Waals surface area contributed by atoms with Crippen LogP contribution in [0.2, 0.25) is 0 Å². The van der Waals surface area contributed by atoms with Crippen molar-refractivity contribution in [3.05, 3.63) is 35.9 Å². The van der Waals surface area contributed by atoms with Crippen LogP contribution in [0.15, 0.2) is 30.3 Å². The third kappa shape index (κ3) is 7.59. The number of rotatable bonds is 14. The van der Waals surface area contributed by atoms with Crippen molar-refractivity contribution in [2.75, 3.05) is 6.54 Å². The molecule has 0 bridgehead atoms. The van der Waals surface area contributed by atoms with E-state index >= 15 is 0 Å². The molecule has 29 heavy (non-hydrogen) atoms. The number of hydrogen-bond acceptors (Lipinski definition) is 5. The number of benzene rings is 1. The number of nitrogens with two attached hydrogens (primary N) is 2. The molecule has 0 saturated carbocycles. The van der Waals surface area contributed by atoms with Crippen molar-refractivity contribution in [1.29, 1.82) is 5.41 Å². The predicted octanol–water partition coefficient (Wildman–Crippen LogP) is 1.88. The molecule has 0 fully saturated rings. The van der Waals surface area contributed by atoms with Gasteiger partial charge in [-0.15, -0.1) is 0 Å². The van der Waals surface area contributed by atoms with Gasteiger partial charge in [0.2, 0.25) is 0 Å². The summed E-state index contributed by atoms with van der Waals surface area (Å²) in [7, 11) is 0. The Labute approximate surface area is 174 Å². The minimum absolute atomic E-state index is 0.0536. The molecule has 2 unspecified atom stereocenters. The molecule has 2 atom stereocenters. The van der Waals surface area contributed by atoms with Crippen LogP contribution in [0.25, 0.3) is 0 Å². The summed E-state index contributed by atoms with van der Waals surface area (Å²) in [6, 6.07) is 8.66. The highest BCUT2D eigenvalue weighted by molar-refractivity contribution is 5.94. The number of ketones is 2. The zero-order valence-electron chi connectivity index (χ0n) is 18.0. The number of carbonyl (C=O) groups is 2. The fraction of sp³-hybridized carbons (Fsp3) is 0.591. The lowest BCUT2D eigenvalue weighted by atomic mass is 9.81. The smallest absolute Gasteiger partial charge is 0.185 e. The fourth-order valence-electron chi connectivity index (χ4n) is 3.61. The molecule has 1 aromatic rings. The molecule has 0 saturated heterocycles. The van der Waals surface area contributed by atoms with E-state index in [1.807, 2.05) is 51.1 Å². The Bertz CT molecular complexity index is 658. The van der Waals surface area contributed by atoms with Gasteiger partial charge in [-0.25, -0.2) is 0 Å². The first-order valence-electron chi connectivity index (χ1n) is 10.5. The van der Waals surface area contributed by atoms with Crippen molar-refractivity contribution in [3.8, 4) is 0 Å². The Morgan fingerprint density at radius 3 is 2.28 bits per heavy atom. The van der Waals surface area contributed by atoms with Crippen LogP contribution in [0.5, 0.6) is 0 Å². The second-order valence-corrected chi connectivity index (χ2v) is 7.45. The first kappa shape index (κ1) is 24.8. The van der Waals surface area contributed by atoms with E-state index in [2.05, 4.69) is 10.6 Å². The Morgan fingerprint density at radius 1 is 1.14 bits per heavy atom. The zero-order chi connectivity index (χ0) is 21.9. The van der Waals surface area contributed by atoms with Gasteiger partial charge in [0.15, 0.2) is 11.7 Å². The van der Waals surface area contributed by atoms with Crippen LogP contribution in [0, 0.1) is 5.41 Å². The van der Waals surface area contributed by atoms with Crippen molar-refractivity contribution in [2.24, 2.45) is 11.5 Å². The molecule has 0 aliphatic heterocycles. The molecule has 1 rings (SSSR count). The molecular weight excluding hydrogens is 366 g/mol. The van der Waals surface area contributed by atoms with Gasteiger partial charge in [0.05, 0.1) is 17.6 Å². The SMILES string of the molecule is CCC(=O)C(CCCNC(=N)N)NC(CC)(CC)C(=O)C(N)Cc1ccccc1. The first-order valence-corrected chi connectivity index (χ1v) is 10.5. The van der Waals surface area contributed by atoms with Crippen LogP contribution in [0.3, 0.4) is 0 Å². The molecule has 7 heteroatoms. The minimum Gasteiger partial charge on any atom is -0.370 e. The van der Waals surface area contributed by atoms with Crippen molar-refractivity contribution < 1.29 is 9.59 Å². The average molecular weight is 404 g/mol. The number of Topliss-reactive ketones (excluding diaryl/α,β-unsaturated/α-hetero) is 2. The molecular formula is C22H37N5O2. The van der Waals surface area contributed by atoms with Crippen molar-refractivity contribution >= 4 is 17.5 Å². The normalized spacial score (nSPS) is 13.5. The number of nitrogens with one attached hydrogen (secondary N) is 3. The van der Waals surface area contributed by atoms with Gasteiger partial charge in [0.1, 0.15) is 5.78 Å². The molecule has 7 nitrogen and oxygen atoms in total. The van der Waals surface area contributed by atoms with E-state index in [0.29, 0.717) is 45.1 Å². The van der Waals surface area contributed by atoms with Gasteiger partial charge in [-0.3, -0.25) is 20.3 Å². The van der Waals surface area contributed by atoms with Gasteiger partial charge in [-0.1, -0.05) is 51.1 Å². The van der Waals surface area contributed by atoms with Crippen LogP contribution < -0.4 is 22.1 Å². The molecule has 162 valence electrons. The maximum absolute atomic E-state index is 13.3. The summed E-state index contributed by atoms with van der Waals surface area (Å²) in [4.78, 5) is 25.9. The number of guanidine groups is 1. The molecule has 0 heterocycles. The quantitative estimate of drug-likeness (QED) is 0.183. The van der Waals surface area contributed by atoms with Crippen LogP contribution in [-0.4, -0.2) is 41.7 Å². The second-order valence-electron chi connectivity index (χ2n) is 7.45. The standard InChI is InChI=1S/C22H37N5O2/c1-4-19(28)18(13-10-14-26-21(24)25)27-22(5-2,6-3)20(29)17(23)15-16-11-8-7-9-12-16/h7-9,11-12,17-18,27H,4-6,10,13-15,23H2,1-3H3,(H4,24,25,26). The van der Waals surface area contributed by atoms with Gasteiger partial charge in [0.25, 0.3) is 0 Å². The number of carbonyl (C=O) groups excluding carboxylic acids is 2. The van der Waals surface area contributed by atoms with Gasteiger partial charge in [-0.2, -0.15) is 0 Å². The summed E-state index contributed by atoms with van der Waals surface area (Å²) < 4.78 is 0. The summed E-state index contributed by atoms with van der Waals surface area (Å²) in [6.07, 6.45) is 3.21. The summed E-state index contributed by atoms with van der Waals surface area (Å²) in [5.74, 6) is -0.0690. The zero-order valence-corrected chi connectivity index (χ0v) is 18.0. The van der Waals surface area contributed by atoms with Gasteiger partial charge in [0, 0.05) is 13.0 Å². The van der Waals surface area contributed by atoms with Crippen LogP contribution in [-0.2, 0) is 16.0 Å². The fourth-order valence-corrected chi connectivity index (χ4v) is 3.61. The molecule has 1 aromatic carbocycles. The maximum Gasteiger partial charge on any atom is 0.185 e. The Balaban J connectivity index is 2.91. The van der Waals surface area contributed by atoms with Crippen molar-refractivity contribution in [2.45, 2.75) is 76.9 Å². The minimum atomic E-state index is -0.836. The van der Waals surface area contributed by atoms with E-state index in [1.165, 1.54) is 0 Å². The van der Waals surface area contributed by atoms with E-state index in [4.69, 9.17) is 16.9 Å². The summed E-state index contributed by atoms with van der Waals surface area (Å²) in [5, 5.41) is 13.4. The lowest BCUT2D eigenvalue weighted by molar-refractivity contribution is -0.129. The van der Waals surface area contributed by atoms with Gasteiger partial charge >= 0.3 is 0 Å². The highest BCUT2D eigenvalue weighted by Gasteiger charge is 2.40. The van der Waals surface area contributed by atoms with E-state index in [-0.39, 0.29) is 17.5 Å². The lowest BCUT2D eigenvalue weighted by Gasteiger charge is -2.37. The Morgan fingerprint density at radius 2 is 1.76 bits per heavy atom. The van der Waals surface area contributed by atoms with Crippen LogP contribution in [0.1, 0.15) is 58.4 Å². The molecule has 0 aliphatic rings. The first-order chi connectivity index (χ1) is 13.8. The third-order valence-corrected chi connectivity index (χ3v) is 5.49. The third-order valence-electron chi connectivity index (χ3n) is 5.49. The van der Waals surface area contributed by atoms with Gasteiger partial charge < -0.3 is 16.8 Å². The predicted molar refractivity (Wildman–Crippen MR) is 118 cm³/mol. The molecule has 0 amide bonds. The monoisotopic (exact) mass is 403 g/mol. The average Bonchev–Trinajstić information content (AvgIpc) is 2.73. The highest BCUT2D eigenvalue weighted by Crippen LogP contribution is 2.22. The van der Waals surface area contributed by atoms with Crippen molar-refractivity contribution in [1.82, 2.24) is 10.6 Å². The summed E-state index contributed by atoms with van der Waals surface area (Å²) in [6.45, 7) is 6.24. The van der Waals surface area contributed by atoms with Crippen LogP contribution >= 0.6 is 0 Å². The van der Waals surface area contributed by atoms with E-state index in [0.717, 1.165) is 5.56 Å². The van der Waals surface area contributed by atoms with E-state index in [1.54, 1.807) is 0 Å². The molecule has 0 aromatic heterocycles. The van der Waals surface area contributed by atoms with Gasteiger partial charge in [-0.05, 0) is 37.7 Å². The Kier molecular flexibility index (Phi) is 10.5. The second kappa shape index (κ2) is 12.3. The van der Waals surface area contributed by atoms with E-state index in [9.17, 15) is 9.59 Å². The van der Waals surface area contributed by atoms with Crippen LogP contribution in [0.4, 0.5) is 0 Å². The number of hydrogen-bond donors (Lipinski definition) is 5. The lowest BCUT2D eigenvalue weighted by Crippen LogP contribution is -2.61. The topological polar surface area (TPSA) is 134 Å². The maximum atomic E-state index is 13.3. The van der Waals surface area contributed by atoms with Crippen molar-refractivity contribution in [3.63, 3.8) is 0 Å².